The van der Waals surface area contributed by atoms with Crippen molar-refractivity contribution < 1.29 is 4.79 Å². The predicted octanol–water partition coefficient (Wildman–Crippen LogP) is 3.88. The van der Waals surface area contributed by atoms with E-state index in [2.05, 4.69) is 36.8 Å². The van der Waals surface area contributed by atoms with Crippen molar-refractivity contribution in [1.82, 2.24) is 4.98 Å². The third-order valence-corrected chi connectivity index (χ3v) is 3.26. The smallest absolute Gasteiger partial charge is 0.151 e. The van der Waals surface area contributed by atoms with Gasteiger partial charge in [-0.2, -0.15) is 0 Å². The molecule has 0 aliphatic carbocycles. The van der Waals surface area contributed by atoms with Gasteiger partial charge in [-0.05, 0) is 41.1 Å². The highest BCUT2D eigenvalue weighted by Gasteiger charge is 2.06. The van der Waals surface area contributed by atoms with E-state index in [1.165, 1.54) is 0 Å². The van der Waals surface area contributed by atoms with Gasteiger partial charge >= 0.3 is 0 Å². The summed E-state index contributed by atoms with van der Waals surface area (Å²) >= 11 is 6.85. The third kappa shape index (κ3) is 1.96. The first-order chi connectivity index (χ1) is 7.11. The van der Waals surface area contributed by atoms with Crippen molar-refractivity contribution in [2.75, 3.05) is 0 Å². The second-order valence-corrected chi connectivity index (χ2v) is 5.01. The zero-order valence-corrected chi connectivity index (χ0v) is 11.1. The van der Waals surface area contributed by atoms with Crippen molar-refractivity contribution in [3.05, 3.63) is 38.4 Å². The molecule has 1 heterocycles. The van der Waals surface area contributed by atoms with Gasteiger partial charge in [-0.15, -0.1) is 0 Å². The number of hydrogen-bond donors (Lipinski definition) is 0. The number of aryl methyl sites for hydroxylation is 1. The fourth-order valence-corrected chi connectivity index (χ4v) is 2.78. The minimum absolute atomic E-state index is 0.632. The Bertz CT molecular complexity index is 552. The van der Waals surface area contributed by atoms with Crippen LogP contribution in [0.2, 0.25) is 0 Å². The van der Waals surface area contributed by atoms with Crippen molar-refractivity contribution in [1.29, 1.82) is 0 Å². The number of carbonyl (C=O) groups excluding carboxylic acids is 1. The first-order valence-corrected chi connectivity index (χ1v) is 5.92. The standard InChI is InChI=1S/C11H7Br2NO/c1-6-8(5-15)2-7-3-9(12)4-10(13)11(7)14-6/h2-5H,1H3. The van der Waals surface area contributed by atoms with Crippen LogP contribution >= 0.6 is 31.9 Å². The molecule has 0 amide bonds. The third-order valence-electron chi connectivity index (χ3n) is 2.19. The lowest BCUT2D eigenvalue weighted by Crippen LogP contribution is -1.92. The molecule has 0 saturated carbocycles. The van der Waals surface area contributed by atoms with Gasteiger partial charge in [0.2, 0.25) is 0 Å². The zero-order valence-electron chi connectivity index (χ0n) is 7.92. The summed E-state index contributed by atoms with van der Waals surface area (Å²) in [4.78, 5) is 15.2. The van der Waals surface area contributed by atoms with Crippen LogP contribution in [-0.4, -0.2) is 11.3 Å². The molecule has 0 aliphatic rings. The summed E-state index contributed by atoms with van der Waals surface area (Å²) in [6.07, 6.45) is 0.830. The number of pyridine rings is 1. The van der Waals surface area contributed by atoms with E-state index in [-0.39, 0.29) is 0 Å². The summed E-state index contributed by atoms with van der Waals surface area (Å²) in [5.41, 5.74) is 2.26. The Morgan fingerprint density at radius 3 is 2.67 bits per heavy atom. The lowest BCUT2D eigenvalue weighted by atomic mass is 10.1. The van der Waals surface area contributed by atoms with Crippen molar-refractivity contribution in [2.45, 2.75) is 6.92 Å². The van der Waals surface area contributed by atoms with Crippen LogP contribution in [0.5, 0.6) is 0 Å². The van der Waals surface area contributed by atoms with Crippen LogP contribution in [-0.2, 0) is 0 Å². The number of aldehydes is 1. The summed E-state index contributed by atoms with van der Waals surface area (Å²) < 4.78 is 1.89. The number of fused-ring (bicyclic) bond motifs is 1. The van der Waals surface area contributed by atoms with Crippen molar-refractivity contribution in [3.63, 3.8) is 0 Å². The van der Waals surface area contributed by atoms with Crippen molar-refractivity contribution in [2.24, 2.45) is 0 Å². The Balaban J connectivity index is 2.87. The summed E-state index contributed by atoms with van der Waals surface area (Å²) in [5.74, 6) is 0. The van der Waals surface area contributed by atoms with Gasteiger partial charge in [0.25, 0.3) is 0 Å². The molecule has 76 valence electrons. The highest BCUT2D eigenvalue weighted by atomic mass is 79.9. The summed E-state index contributed by atoms with van der Waals surface area (Å²) in [6.45, 7) is 1.83. The van der Waals surface area contributed by atoms with Crippen molar-refractivity contribution in [3.8, 4) is 0 Å². The van der Waals surface area contributed by atoms with Gasteiger partial charge in [-0.3, -0.25) is 9.78 Å². The highest BCUT2D eigenvalue weighted by molar-refractivity contribution is 9.11. The van der Waals surface area contributed by atoms with Crippen LogP contribution in [0.4, 0.5) is 0 Å². The van der Waals surface area contributed by atoms with Crippen molar-refractivity contribution >= 4 is 49.0 Å². The average Bonchev–Trinajstić information content (AvgIpc) is 2.18. The molecule has 2 rings (SSSR count). The zero-order chi connectivity index (χ0) is 11.0. The highest BCUT2D eigenvalue weighted by Crippen LogP contribution is 2.28. The number of aromatic nitrogens is 1. The molecule has 1 aromatic heterocycles. The number of benzene rings is 1. The van der Waals surface area contributed by atoms with Crippen LogP contribution in [0.1, 0.15) is 16.1 Å². The molecule has 2 aromatic rings. The first-order valence-electron chi connectivity index (χ1n) is 4.33. The molecule has 0 saturated heterocycles. The minimum Gasteiger partial charge on any atom is -0.298 e. The molecular formula is C11H7Br2NO. The summed E-state index contributed by atoms with van der Waals surface area (Å²) in [5, 5.41) is 0.948. The van der Waals surface area contributed by atoms with E-state index in [0.29, 0.717) is 5.56 Å². The monoisotopic (exact) mass is 327 g/mol. The molecule has 0 atom stereocenters. The van der Waals surface area contributed by atoms with Gasteiger partial charge in [0.15, 0.2) is 6.29 Å². The Kier molecular flexibility index (Phi) is 2.89. The largest absolute Gasteiger partial charge is 0.298 e. The van der Waals surface area contributed by atoms with E-state index < -0.39 is 0 Å². The van der Waals surface area contributed by atoms with Crippen LogP contribution in [0.3, 0.4) is 0 Å². The lowest BCUT2D eigenvalue weighted by Gasteiger charge is -2.04. The maximum atomic E-state index is 10.8. The minimum atomic E-state index is 0.632. The molecule has 15 heavy (non-hydrogen) atoms. The lowest BCUT2D eigenvalue weighted by molar-refractivity contribution is 0.112. The molecule has 0 radical (unpaired) electrons. The average molecular weight is 329 g/mol. The SMILES string of the molecule is Cc1nc2c(Br)cc(Br)cc2cc1C=O. The van der Waals surface area contributed by atoms with Gasteiger partial charge in [0.1, 0.15) is 0 Å². The van der Waals surface area contributed by atoms with Gasteiger partial charge in [0.05, 0.1) is 5.52 Å². The number of rotatable bonds is 1. The molecule has 0 unspecified atom stereocenters. The molecule has 1 aromatic carbocycles. The fourth-order valence-electron chi connectivity index (χ4n) is 1.44. The number of hydrogen-bond acceptors (Lipinski definition) is 2. The van der Waals surface area contributed by atoms with Crippen LogP contribution in [0.25, 0.3) is 10.9 Å². The number of carbonyl (C=O) groups is 1. The van der Waals surface area contributed by atoms with Gasteiger partial charge < -0.3 is 0 Å². The quantitative estimate of drug-likeness (QED) is 0.743. The second-order valence-electron chi connectivity index (χ2n) is 3.24. The van der Waals surface area contributed by atoms with Crippen LogP contribution in [0.15, 0.2) is 27.1 Å². The number of nitrogens with zero attached hydrogens (tertiary/aromatic N) is 1. The molecule has 0 N–H and O–H groups in total. The molecule has 0 fully saturated rings. The van der Waals surface area contributed by atoms with Gasteiger partial charge in [-0.25, -0.2) is 0 Å². The van der Waals surface area contributed by atoms with E-state index in [0.717, 1.165) is 31.8 Å². The van der Waals surface area contributed by atoms with E-state index in [1.807, 2.05) is 25.1 Å². The Morgan fingerprint density at radius 2 is 2.00 bits per heavy atom. The summed E-state index contributed by atoms with van der Waals surface area (Å²) in [6, 6.07) is 5.73. The topological polar surface area (TPSA) is 30.0 Å². The first kappa shape index (κ1) is 10.8. The van der Waals surface area contributed by atoms with E-state index in [4.69, 9.17) is 0 Å². The Labute approximate surface area is 104 Å². The predicted molar refractivity (Wildman–Crippen MR) is 67.3 cm³/mol. The molecule has 0 bridgehead atoms. The van der Waals surface area contributed by atoms with Crippen LogP contribution in [0, 0.1) is 6.92 Å². The normalized spacial score (nSPS) is 10.6. The maximum absolute atomic E-state index is 10.8. The Morgan fingerprint density at radius 1 is 1.27 bits per heavy atom. The molecule has 4 heteroatoms. The van der Waals surface area contributed by atoms with Gasteiger partial charge in [-0.1, -0.05) is 15.9 Å². The maximum Gasteiger partial charge on any atom is 0.151 e. The number of halogens is 2. The second kappa shape index (κ2) is 4.02. The fraction of sp³-hybridized carbons (Fsp3) is 0.0909. The Hall–Kier alpha value is -0.740. The molecule has 2 nitrogen and oxygen atoms in total. The molecular weight excluding hydrogens is 322 g/mol. The van der Waals surface area contributed by atoms with E-state index in [1.54, 1.807) is 0 Å². The van der Waals surface area contributed by atoms with Crippen LogP contribution < -0.4 is 0 Å². The van der Waals surface area contributed by atoms with Gasteiger partial charge in [0, 0.05) is 25.6 Å². The summed E-state index contributed by atoms with van der Waals surface area (Å²) in [7, 11) is 0. The molecule has 0 spiro atoms. The van der Waals surface area contributed by atoms with E-state index >= 15 is 0 Å². The van der Waals surface area contributed by atoms with E-state index in [9.17, 15) is 4.79 Å². The molecule has 0 aliphatic heterocycles.